The van der Waals surface area contributed by atoms with E-state index in [9.17, 15) is 0 Å². The molecule has 0 fully saturated rings. The maximum absolute atomic E-state index is 5.74. The van der Waals surface area contributed by atoms with E-state index in [-0.39, 0.29) is 0 Å². The van der Waals surface area contributed by atoms with Crippen LogP contribution < -0.4 is 0 Å². The zero-order valence-electron chi connectivity index (χ0n) is 11.5. The van der Waals surface area contributed by atoms with E-state index in [1.54, 1.807) is 0 Å². The third-order valence-electron chi connectivity index (χ3n) is 2.60. The summed E-state index contributed by atoms with van der Waals surface area (Å²) in [5.41, 5.74) is 1.21. The largest absolute Gasteiger partial charge is 0.361 e. The van der Waals surface area contributed by atoms with Gasteiger partial charge >= 0.3 is 0 Å². The van der Waals surface area contributed by atoms with Crippen LogP contribution in [0.15, 0.2) is 10.9 Å². The molecule has 5 heteroatoms. The number of ether oxygens (including phenoxy) is 1. The van der Waals surface area contributed by atoms with Crippen LogP contribution in [0.5, 0.6) is 0 Å². The molecule has 0 saturated heterocycles. The lowest BCUT2D eigenvalue weighted by Crippen LogP contribution is -2.22. The highest BCUT2D eigenvalue weighted by atomic mass is 79.9. The summed E-state index contributed by atoms with van der Waals surface area (Å²) in [7, 11) is -0.985. The monoisotopic (exact) mass is 318 g/mol. The second-order valence-corrected chi connectivity index (χ2v) is 12.3. The van der Waals surface area contributed by atoms with Crippen LogP contribution in [0.4, 0.5) is 0 Å². The van der Waals surface area contributed by atoms with Crippen LogP contribution in [-0.2, 0) is 11.5 Å². The lowest BCUT2D eigenvalue weighted by Gasteiger charge is -2.16. The van der Waals surface area contributed by atoms with Gasteiger partial charge < -0.3 is 9.30 Å². The number of nitrogens with zero attached hydrogens (tertiary/aromatic N) is 2. The molecule has 0 aliphatic heterocycles. The number of halogens is 1. The van der Waals surface area contributed by atoms with Crippen molar-refractivity contribution in [2.45, 2.75) is 52.2 Å². The van der Waals surface area contributed by atoms with Crippen LogP contribution in [0.25, 0.3) is 0 Å². The van der Waals surface area contributed by atoms with Gasteiger partial charge in [0.05, 0.1) is 12.0 Å². The van der Waals surface area contributed by atoms with Crippen molar-refractivity contribution in [3.05, 3.63) is 16.6 Å². The molecule has 0 atom stereocenters. The quantitative estimate of drug-likeness (QED) is 0.583. The van der Waals surface area contributed by atoms with Crippen molar-refractivity contribution in [2.24, 2.45) is 0 Å². The fourth-order valence-corrected chi connectivity index (χ4v) is 3.12. The third kappa shape index (κ3) is 4.93. The Bertz CT molecular complexity index is 358. The van der Waals surface area contributed by atoms with Gasteiger partial charge in [-0.1, -0.05) is 33.5 Å². The van der Waals surface area contributed by atoms with Crippen LogP contribution in [0.3, 0.4) is 0 Å². The Morgan fingerprint density at radius 2 is 2.06 bits per heavy atom. The normalized spacial score (nSPS) is 12.4. The summed E-state index contributed by atoms with van der Waals surface area (Å²) in [5, 5.41) is 0. The fraction of sp³-hybridized carbons (Fsp3) is 0.750. The third-order valence-corrected chi connectivity index (χ3v) is 4.92. The first-order chi connectivity index (χ1) is 7.81. The summed E-state index contributed by atoms with van der Waals surface area (Å²) in [6.45, 7) is 12.9. The Morgan fingerprint density at radius 3 is 2.59 bits per heavy atom. The molecule has 0 unspecified atom stereocenters. The van der Waals surface area contributed by atoms with Crippen LogP contribution in [0, 0.1) is 0 Å². The molecule has 0 aromatic carbocycles. The summed E-state index contributed by atoms with van der Waals surface area (Å²) < 4.78 is 8.75. The highest BCUT2D eigenvalue weighted by Crippen LogP contribution is 2.23. The van der Waals surface area contributed by atoms with E-state index < -0.39 is 8.07 Å². The molecule has 0 N–H and O–H groups in total. The van der Waals surface area contributed by atoms with E-state index in [0.717, 1.165) is 11.2 Å². The van der Waals surface area contributed by atoms with Gasteiger partial charge in [-0.05, 0) is 27.9 Å². The Labute approximate surface area is 114 Å². The van der Waals surface area contributed by atoms with Gasteiger partial charge in [0.2, 0.25) is 0 Å². The molecule has 0 saturated carbocycles. The molecular formula is C12H23BrN2OSi. The number of hydrogen-bond acceptors (Lipinski definition) is 2. The van der Waals surface area contributed by atoms with Gasteiger partial charge in [0.15, 0.2) is 0 Å². The molecule has 1 rings (SSSR count). The van der Waals surface area contributed by atoms with Crippen LogP contribution in [-0.4, -0.2) is 24.2 Å². The Kier molecular flexibility index (Phi) is 5.41. The predicted octanol–water partition coefficient (Wildman–Crippen LogP) is 4.08. The van der Waals surface area contributed by atoms with Crippen molar-refractivity contribution in [3.63, 3.8) is 0 Å². The van der Waals surface area contributed by atoms with Crippen molar-refractivity contribution in [1.82, 2.24) is 9.55 Å². The summed E-state index contributed by atoms with van der Waals surface area (Å²) in [6, 6.07) is 1.21. The molecule has 1 aromatic heterocycles. The lowest BCUT2D eigenvalue weighted by atomic mass is 10.1. The molecule has 0 spiro atoms. The Morgan fingerprint density at radius 1 is 1.41 bits per heavy atom. The van der Waals surface area contributed by atoms with Crippen molar-refractivity contribution >= 4 is 24.0 Å². The fourth-order valence-electron chi connectivity index (χ4n) is 1.58. The Balaban J connectivity index is 2.47. The van der Waals surface area contributed by atoms with E-state index in [1.165, 1.54) is 11.7 Å². The lowest BCUT2D eigenvalue weighted by molar-refractivity contribution is 0.0847. The molecule has 3 nitrogen and oxygen atoms in total. The minimum absolute atomic E-state index is 0.451. The van der Waals surface area contributed by atoms with Gasteiger partial charge in [-0.3, -0.25) is 0 Å². The molecule has 0 amide bonds. The number of aromatic nitrogens is 2. The number of hydrogen-bond donors (Lipinski definition) is 0. The zero-order valence-corrected chi connectivity index (χ0v) is 14.0. The van der Waals surface area contributed by atoms with Gasteiger partial charge in [0.1, 0.15) is 11.3 Å². The molecule has 1 aromatic rings. The van der Waals surface area contributed by atoms with Gasteiger partial charge in [-0.15, -0.1) is 0 Å². The average Bonchev–Trinajstić information content (AvgIpc) is 2.53. The molecule has 1 heterocycles. The van der Waals surface area contributed by atoms with Crippen molar-refractivity contribution in [3.8, 4) is 0 Å². The zero-order chi connectivity index (χ0) is 13.1. The molecule has 17 heavy (non-hydrogen) atoms. The van der Waals surface area contributed by atoms with Gasteiger partial charge in [0, 0.05) is 14.7 Å². The highest BCUT2D eigenvalue weighted by molar-refractivity contribution is 9.10. The van der Waals surface area contributed by atoms with Gasteiger partial charge in [-0.25, -0.2) is 4.98 Å². The van der Waals surface area contributed by atoms with E-state index in [0.29, 0.717) is 12.6 Å². The molecule has 0 aliphatic rings. The minimum atomic E-state index is -0.985. The van der Waals surface area contributed by atoms with Gasteiger partial charge in [-0.2, -0.15) is 0 Å². The smallest absolute Gasteiger partial charge is 0.127 e. The average molecular weight is 319 g/mol. The molecule has 0 aliphatic carbocycles. The van der Waals surface area contributed by atoms with E-state index in [2.05, 4.69) is 59.0 Å². The number of rotatable bonds is 6. The maximum atomic E-state index is 5.74. The summed E-state index contributed by atoms with van der Waals surface area (Å²) >= 11 is 3.48. The number of imidazole rings is 1. The highest BCUT2D eigenvalue weighted by Gasteiger charge is 2.14. The molecular weight excluding hydrogens is 296 g/mol. The topological polar surface area (TPSA) is 27.1 Å². The van der Waals surface area contributed by atoms with Gasteiger partial charge in [0.25, 0.3) is 0 Å². The molecule has 0 bridgehead atoms. The first-order valence-electron chi connectivity index (χ1n) is 6.09. The second-order valence-electron chi connectivity index (χ2n) is 5.89. The van der Waals surface area contributed by atoms with Crippen LogP contribution >= 0.6 is 15.9 Å². The Hall–Kier alpha value is -0.133. The van der Waals surface area contributed by atoms with E-state index in [1.807, 2.05) is 6.33 Å². The molecule has 98 valence electrons. The van der Waals surface area contributed by atoms with E-state index in [4.69, 9.17) is 4.74 Å². The predicted molar refractivity (Wildman–Crippen MR) is 78.1 cm³/mol. The van der Waals surface area contributed by atoms with E-state index >= 15 is 0 Å². The maximum Gasteiger partial charge on any atom is 0.127 e. The first-order valence-corrected chi connectivity index (χ1v) is 10.6. The SMILES string of the molecule is CC(C)c1c(Br)ncn1COCC[Si](C)(C)C. The van der Waals surface area contributed by atoms with Crippen molar-refractivity contribution in [1.29, 1.82) is 0 Å². The summed E-state index contributed by atoms with van der Waals surface area (Å²) in [6.07, 6.45) is 1.84. The second kappa shape index (κ2) is 6.16. The van der Waals surface area contributed by atoms with Crippen molar-refractivity contribution < 1.29 is 4.74 Å². The van der Waals surface area contributed by atoms with Crippen molar-refractivity contribution in [2.75, 3.05) is 6.61 Å². The molecule has 0 radical (unpaired) electrons. The summed E-state index contributed by atoms with van der Waals surface area (Å²) in [4.78, 5) is 4.27. The standard InChI is InChI=1S/C12H23BrN2OSi/c1-10(2)11-12(13)14-8-15(11)9-16-6-7-17(3,4)5/h8,10H,6-7,9H2,1-5H3. The first kappa shape index (κ1) is 14.9. The van der Waals surface area contributed by atoms with Crippen LogP contribution in [0.2, 0.25) is 25.7 Å². The minimum Gasteiger partial charge on any atom is -0.361 e. The van der Waals surface area contributed by atoms with Crippen LogP contribution in [0.1, 0.15) is 25.5 Å². The summed E-state index contributed by atoms with van der Waals surface area (Å²) in [5.74, 6) is 0.451.